The van der Waals surface area contributed by atoms with Crippen LogP contribution in [0.25, 0.3) is 17.7 Å². The largest absolute Gasteiger partial charge is 0.341 e. The van der Waals surface area contributed by atoms with E-state index < -0.39 is 0 Å². The Labute approximate surface area is 223 Å². The van der Waals surface area contributed by atoms with Crippen molar-refractivity contribution in [1.29, 1.82) is 5.26 Å². The first-order valence-electron chi connectivity index (χ1n) is 13.1. The van der Waals surface area contributed by atoms with Gasteiger partial charge in [-0.2, -0.15) is 5.26 Å². The summed E-state index contributed by atoms with van der Waals surface area (Å²) in [4.78, 5) is 15.2. The molecular weight excluding hydrogens is 474 g/mol. The molecule has 0 saturated heterocycles. The molecule has 0 unspecified atom stereocenters. The first-order valence-corrected chi connectivity index (χ1v) is 14.0. The maximum Gasteiger partial charge on any atom is 0.268 e. The number of nitrogens with zero attached hydrogens (tertiary/aromatic N) is 3. The minimum Gasteiger partial charge on any atom is -0.341 e. The average molecular weight is 510 g/mol. The van der Waals surface area contributed by atoms with Gasteiger partial charge in [0.05, 0.1) is 16.2 Å². The number of hydrogen-bond acceptors (Lipinski definition) is 4. The molecule has 0 spiro atoms. The summed E-state index contributed by atoms with van der Waals surface area (Å²) in [5.74, 6) is 0. The molecule has 1 aromatic heterocycles. The van der Waals surface area contributed by atoms with E-state index in [2.05, 4.69) is 73.0 Å². The Balaban J connectivity index is 1.64. The van der Waals surface area contributed by atoms with Gasteiger partial charge >= 0.3 is 0 Å². The van der Waals surface area contributed by atoms with E-state index in [-0.39, 0.29) is 5.56 Å². The van der Waals surface area contributed by atoms with E-state index in [1.165, 1.54) is 59.5 Å². The van der Waals surface area contributed by atoms with Crippen molar-refractivity contribution < 1.29 is 0 Å². The topological polar surface area (TPSA) is 49.0 Å². The number of allylic oxidation sites excluding steroid dienone is 2. The Morgan fingerprint density at radius 3 is 2.68 bits per heavy atom. The normalized spacial score (nSPS) is 14.2. The Morgan fingerprint density at radius 1 is 1.11 bits per heavy atom. The van der Waals surface area contributed by atoms with Crippen LogP contribution in [-0.2, 0) is 19.9 Å². The second-order valence-electron chi connectivity index (χ2n) is 9.47. The Hall–Kier alpha value is -3.62. The van der Waals surface area contributed by atoms with E-state index in [9.17, 15) is 10.1 Å². The lowest BCUT2D eigenvalue weighted by atomic mass is 10.0. The lowest BCUT2D eigenvalue weighted by molar-refractivity contribution is 0.668. The lowest BCUT2D eigenvalue weighted by Gasteiger charge is -2.27. The molecule has 4 rings (SSSR count). The van der Waals surface area contributed by atoms with E-state index >= 15 is 0 Å². The van der Waals surface area contributed by atoms with Crippen LogP contribution in [0, 0.1) is 11.3 Å². The number of aryl methyl sites for hydroxylation is 2. The van der Waals surface area contributed by atoms with Crippen molar-refractivity contribution in [2.24, 2.45) is 7.05 Å². The van der Waals surface area contributed by atoms with Gasteiger partial charge in [-0.1, -0.05) is 68.7 Å². The number of benzene rings is 2. The van der Waals surface area contributed by atoms with Crippen molar-refractivity contribution in [3.8, 4) is 6.07 Å². The van der Waals surface area contributed by atoms with Gasteiger partial charge < -0.3 is 9.47 Å². The van der Waals surface area contributed by atoms with Gasteiger partial charge in [-0.25, -0.2) is 0 Å². The summed E-state index contributed by atoms with van der Waals surface area (Å²) >= 11 is 1.35. The number of aromatic nitrogens is 1. The van der Waals surface area contributed by atoms with Crippen LogP contribution >= 0.6 is 11.3 Å². The van der Waals surface area contributed by atoms with E-state index in [1.807, 2.05) is 12.2 Å². The SMILES string of the molecule is C=CC/C(C#N)=c1/s/c(=C/C=C/c2ccc3c(c2)CCc2ccccc2N3CCCCCC)c(=O)n1C. The smallest absolute Gasteiger partial charge is 0.268 e. The van der Waals surface area contributed by atoms with Crippen molar-refractivity contribution >= 4 is 40.4 Å². The molecule has 0 fully saturated rings. The molecule has 0 bridgehead atoms. The Kier molecular flexibility index (Phi) is 8.98. The summed E-state index contributed by atoms with van der Waals surface area (Å²) in [5, 5.41) is 9.45. The quantitative estimate of drug-likeness (QED) is 0.262. The fraction of sp³-hybridized carbons (Fsp3) is 0.312. The highest BCUT2D eigenvalue weighted by Gasteiger charge is 2.20. The molecule has 0 radical (unpaired) electrons. The van der Waals surface area contributed by atoms with Crippen molar-refractivity contribution in [2.75, 3.05) is 11.4 Å². The second kappa shape index (κ2) is 12.6. The van der Waals surface area contributed by atoms with Gasteiger partial charge in [-0.05, 0) is 60.2 Å². The molecule has 0 saturated carbocycles. The van der Waals surface area contributed by atoms with Crippen LogP contribution < -0.4 is 19.7 Å². The number of thiazole rings is 1. The summed E-state index contributed by atoms with van der Waals surface area (Å²) in [5.41, 5.74) is 7.02. The molecule has 1 aliphatic rings. The van der Waals surface area contributed by atoms with Crippen molar-refractivity contribution in [3.05, 3.63) is 97.4 Å². The van der Waals surface area contributed by atoms with Gasteiger partial charge in [-0.15, -0.1) is 17.9 Å². The fourth-order valence-electron chi connectivity index (χ4n) is 4.91. The van der Waals surface area contributed by atoms with Gasteiger partial charge in [0.1, 0.15) is 4.66 Å². The summed E-state index contributed by atoms with van der Waals surface area (Å²) in [7, 11) is 1.72. The number of para-hydroxylation sites is 1. The van der Waals surface area contributed by atoms with Crippen LogP contribution in [0.3, 0.4) is 0 Å². The lowest BCUT2D eigenvalue weighted by Crippen LogP contribution is -2.29. The number of rotatable bonds is 9. The monoisotopic (exact) mass is 509 g/mol. The molecule has 0 atom stereocenters. The molecule has 0 amide bonds. The minimum absolute atomic E-state index is 0.0835. The standard InChI is InChI=1S/C32H35N3OS/c1-4-6-7-10-21-35-28-15-9-8-14-25(28)18-19-26-22-24(17-20-29(26)35)13-11-16-30-31(36)34(3)32(37-30)27(23-33)12-5-2/h5,8-9,11,13-17,20,22H,2,4,6-7,10,12,18-19,21H2,1,3H3/b13-11+,30-16+,32-27-. The van der Waals surface area contributed by atoms with Gasteiger partial charge in [0.2, 0.25) is 0 Å². The second-order valence-corrected chi connectivity index (χ2v) is 10.5. The third-order valence-corrected chi connectivity index (χ3v) is 8.12. The van der Waals surface area contributed by atoms with Gasteiger partial charge in [0, 0.05) is 31.4 Å². The molecule has 2 heterocycles. The molecule has 190 valence electrons. The predicted octanol–water partition coefficient (Wildman–Crippen LogP) is 6.01. The van der Waals surface area contributed by atoms with Crippen LogP contribution in [0.1, 0.15) is 55.7 Å². The van der Waals surface area contributed by atoms with Gasteiger partial charge in [0.15, 0.2) is 0 Å². The zero-order valence-corrected chi connectivity index (χ0v) is 22.7. The van der Waals surface area contributed by atoms with Gasteiger partial charge in [-0.3, -0.25) is 4.79 Å². The summed E-state index contributed by atoms with van der Waals surface area (Å²) in [6.07, 6.45) is 15.0. The van der Waals surface area contributed by atoms with Crippen LogP contribution in [0.4, 0.5) is 11.4 Å². The maximum absolute atomic E-state index is 12.7. The minimum atomic E-state index is -0.0835. The molecule has 3 aromatic rings. The Morgan fingerprint density at radius 2 is 1.89 bits per heavy atom. The molecule has 2 aromatic carbocycles. The highest BCUT2D eigenvalue weighted by Crippen LogP contribution is 2.36. The molecule has 0 aliphatic carbocycles. The van der Waals surface area contributed by atoms with E-state index in [0.717, 1.165) is 24.9 Å². The molecular formula is C32H35N3OS. The fourth-order valence-corrected chi connectivity index (χ4v) is 5.96. The molecule has 37 heavy (non-hydrogen) atoms. The molecule has 1 aliphatic heterocycles. The molecule has 5 heteroatoms. The van der Waals surface area contributed by atoms with E-state index in [0.29, 0.717) is 21.2 Å². The predicted molar refractivity (Wildman–Crippen MR) is 158 cm³/mol. The third-order valence-electron chi connectivity index (χ3n) is 6.88. The summed E-state index contributed by atoms with van der Waals surface area (Å²) in [6, 6.07) is 17.7. The van der Waals surface area contributed by atoms with E-state index in [4.69, 9.17) is 0 Å². The first-order chi connectivity index (χ1) is 18.1. The average Bonchev–Trinajstić information content (AvgIpc) is 3.10. The first kappa shape index (κ1) is 26.4. The number of anilines is 2. The van der Waals surface area contributed by atoms with E-state index in [1.54, 1.807) is 17.7 Å². The number of fused-ring (bicyclic) bond motifs is 2. The van der Waals surface area contributed by atoms with Crippen LogP contribution in [0.5, 0.6) is 0 Å². The molecule has 0 N–H and O–H groups in total. The summed E-state index contributed by atoms with van der Waals surface area (Å²) < 4.78 is 2.87. The highest BCUT2D eigenvalue weighted by atomic mass is 32.1. The number of unbranched alkanes of at least 4 members (excludes halogenated alkanes) is 3. The molecule has 4 nitrogen and oxygen atoms in total. The van der Waals surface area contributed by atoms with Crippen LogP contribution in [0.15, 0.2) is 66.0 Å². The van der Waals surface area contributed by atoms with Crippen LogP contribution in [-0.4, -0.2) is 11.1 Å². The zero-order chi connectivity index (χ0) is 26.2. The van der Waals surface area contributed by atoms with Gasteiger partial charge in [0.25, 0.3) is 5.56 Å². The van der Waals surface area contributed by atoms with Crippen molar-refractivity contribution in [2.45, 2.75) is 51.9 Å². The zero-order valence-electron chi connectivity index (χ0n) is 21.9. The number of nitriles is 1. The van der Waals surface area contributed by atoms with Crippen LogP contribution in [0.2, 0.25) is 0 Å². The van der Waals surface area contributed by atoms with Crippen molar-refractivity contribution in [3.63, 3.8) is 0 Å². The van der Waals surface area contributed by atoms with Crippen molar-refractivity contribution in [1.82, 2.24) is 4.57 Å². The third kappa shape index (κ3) is 6.03. The highest BCUT2D eigenvalue weighted by molar-refractivity contribution is 7.07. The number of hydrogen-bond donors (Lipinski definition) is 0. The maximum atomic E-state index is 12.7. The summed E-state index contributed by atoms with van der Waals surface area (Å²) in [6.45, 7) is 7.00. The Bertz CT molecular complexity index is 1520.